The third kappa shape index (κ3) is 3.35. The molecule has 5 heteroatoms. The van der Waals surface area contributed by atoms with Gasteiger partial charge in [0.25, 0.3) is 0 Å². The minimum atomic E-state index is -0.897. The molecule has 1 aliphatic rings. The molecular weight excluding hydrogens is 310 g/mol. The number of aliphatic carboxylic acids is 1. The lowest BCUT2D eigenvalue weighted by atomic mass is 10.1. The Balaban J connectivity index is 1.95. The number of likely N-dealkylation sites (tertiary alicyclic amines) is 1. The first-order chi connectivity index (χ1) is 9.09. The highest BCUT2D eigenvalue weighted by molar-refractivity contribution is 9.10. The predicted molar refractivity (Wildman–Crippen MR) is 74.8 cm³/mol. The Morgan fingerprint density at radius 1 is 1.37 bits per heavy atom. The average Bonchev–Trinajstić information content (AvgIpc) is 2.87. The molecule has 0 saturated carbocycles. The normalized spacial score (nSPS) is 18.6. The number of carboxylic acids is 1. The lowest BCUT2D eigenvalue weighted by Gasteiger charge is -2.21. The number of carbonyl (C=O) groups is 2. The Morgan fingerprint density at radius 3 is 2.79 bits per heavy atom. The highest BCUT2D eigenvalue weighted by Crippen LogP contribution is 2.21. The van der Waals surface area contributed by atoms with Gasteiger partial charge in [0.2, 0.25) is 5.91 Å². The zero-order valence-corrected chi connectivity index (χ0v) is 12.1. The van der Waals surface area contributed by atoms with Crippen molar-refractivity contribution >= 4 is 27.8 Å². The number of halogens is 1. The van der Waals surface area contributed by atoms with Crippen LogP contribution in [0, 0.1) is 0 Å². The van der Waals surface area contributed by atoms with Gasteiger partial charge in [-0.2, -0.15) is 0 Å². The molecule has 0 aliphatic carbocycles. The Hall–Kier alpha value is -1.36. The molecule has 102 valence electrons. The maximum absolute atomic E-state index is 12.1. The molecule has 4 nitrogen and oxygen atoms in total. The number of rotatable bonds is 4. The van der Waals surface area contributed by atoms with Crippen LogP contribution in [0.5, 0.6) is 0 Å². The average molecular weight is 326 g/mol. The highest BCUT2D eigenvalue weighted by Gasteiger charge is 2.33. The van der Waals surface area contributed by atoms with Crippen molar-refractivity contribution in [1.82, 2.24) is 4.90 Å². The molecule has 0 spiro atoms. The van der Waals surface area contributed by atoms with Crippen LogP contribution in [0.25, 0.3) is 0 Å². The van der Waals surface area contributed by atoms with Crippen LogP contribution in [0.3, 0.4) is 0 Å². The standard InChI is InChI=1S/C14H16BrNO3/c15-11-5-2-1-4-10(11)7-8-13(17)16-9-3-6-12(16)14(18)19/h1-2,4-5,12H,3,6-9H2,(H,18,19). The molecule has 19 heavy (non-hydrogen) atoms. The second-order valence-electron chi connectivity index (χ2n) is 4.67. The quantitative estimate of drug-likeness (QED) is 0.925. The van der Waals surface area contributed by atoms with Crippen LogP contribution in [0.1, 0.15) is 24.8 Å². The molecular formula is C14H16BrNO3. The summed E-state index contributed by atoms with van der Waals surface area (Å²) in [6.07, 6.45) is 2.32. The molecule has 0 radical (unpaired) electrons. The number of carbonyl (C=O) groups excluding carboxylic acids is 1. The fourth-order valence-corrected chi connectivity index (χ4v) is 2.89. The number of carboxylic acid groups (broad SMARTS) is 1. The molecule has 1 heterocycles. The van der Waals surface area contributed by atoms with E-state index in [4.69, 9.17) is 5.11 Å². The molecule has 0 aromatic heterocycles. The SMILES string of the molecule is O=C(O)C1CCCN1C(=O)CCc1ccccc1Br. The van der Waals surface area contributed by atoms with Gasteiger partial charge in [-0.25, -0.2) is 4.79 Å². The van der Waals surface area contributed by atoms with E-state index in [1.165, 1.54) is 4.90 Å². The zero-order chi connectivity index (χ0) is 13.8. The van der Waals surface area contributed by atoms with E-state index in [2.05, 4.69) is 15.9 Å². The van der Waals surface area contributed by atoms with Gasteiger partial charge in [0, 0.05) is 17.4 Å². The van der Waals surface area contributed by atoms with Gasteiger partial charge in [-0.3, -0.25) is 4.79 Å². The Kier molecular flexibility index (Phi) is 4.58. The summed E-state index contributed by atoms with van der Waals surface area (Å²) in [6, 6.07) is 7.13. The smallest absolute Gasteiger partial charge is 0.326 e. The fourth-order valence-electron chi connectivity index (χ4n) is 2.41. The number of hydrogen-bond acceptors (Lipinski definition) is 2. The third-order valence-electron chi connectivity index (χ3n) is 3.42. The van der Waals surface area contributed by atoms with Crippen LogP contribution >= 0.6 is 15.9 Å². The molecule has 0 bridgehead atoms. The van der Waals surface area contributed by atoms with Crippen molar-refractivity contribution in [3.63, 3.8) is 0 Å². The van der Waals surface area contributed by atoms with E-state index < -0.39 is 12.0 Å². The largest absolute Gasteiger partial charge is 0.480 e. The number of benzene rings is 1. The second kappa shape index (κ2) is 6.19. The Bertz CT molecular complexity index is 489. The Labute approximate surface area is 120 Å². The molecule has 1 aromatic rings. The number of aryl methyl sites for hydroxylation is 1. The number of hydrogen-bond donors (Lipinski definition) is 1. The van der Waals surface area contributed by atoms with Crippen molar-refractivity contribution in [3.8, 4) is 0 Å². The molecule has 1 atom stereocenters. The third-order valence-corrected chi connectivity index (χ3v) is 4.20. The van der Waals surface area contributed by atoms with E-state index in [9.17, 15) is 9.59 Å². The van der Waals surface area contributed by atoms with Crippen LogP contribution in [0.4, 0.5) is 0 Å². The van der Waals surface area contributed by atoms with Gasteiger partial charge in [-0.1, -0.05) is 34.1 Å². The van der Waals surface area contributed by atoms with Gasteiger partial charge in [-0.15, -0.1) is 0 Å². The molecule has 1 amide bonds. The maximum Gasteiger partial charge on any atom is 0.326 e. The van der Waals surface area contributed by atoms with Gasteiger partial charge < -0.3 is 10.0 Å². The van der Waals surface area contributed by atoms with E-state index in [1.54, 1.807) is 0 Å². The molecule has 1 saturated heterocycles. The molecule has 2 rings (SSSR count). The summed E-state index contributed by atoms with van der Waals surface area (Å²) in [4.78, 5) is 24.6. The molecule has 1 unspecified atom stereocenters. The Morgan fingerprint density at radius 2 is 2.11 bits per heavy atom. The topological polar surface area (TPSA) is 57.6 Å². The summed E-state index contributed by atoms with van der Waals surface area (Å²) in [5.41, 5.74) is 1.07. The number of amides is 1. The van der Waals surface area contributed by atoms with Crippen LogP contribution in [-0.2, 0) is 16.0 Å². The second-order valence-corrected chi connectivity index (χ2v) is 5.53. The van der Waals surface area contributed by atoms with E-state index in [0.717, 1.165) is 16.5 Å². The highest BCUT2D eigenvalue weighted by atomic mass is 79.9. The van der Waals surface area contributed by atoms with Crippen molar-refractivity contribution in [3.05, 3.63) is 34.3 Å². The van der Waals surface area contributed by atoms with Crippen molar-refractivity contribution in [2.24, 2.45) is 0 Å². The van der Waals surface area contributed by atoms with Gasteiger partial charge >= 0.3 is 5.97 Å². The lowest BCUT2D eigenvalue weighted by molar-refractivity contribution is -0.148. The first-order valence-electron chi connectivity index (χ1n) is 6.35. The summed E-state index contributed by atoms with van der Waals surface area (Å²) >= 11 is 3.45. The molecule has 1 aliphatic heterocycles. The van der Waals surface area contributed by atoms with Gasteiger partial charge in [0.15, 0.2) is 0 Å². The van der Waals surface area contributed by atoms with E-state index in [0.29, 0.717) is 25.8 Å². The molecule has 1 aromatic carbocycles. The van der Waals surface area contributed by atoms with Crippen molar-refractivity contribution in [2.75, 3.05) is 6.54 Å². The van der Waals surface area contributed by atoms with E-state index >= 15 is 0 Å². The minimum Gasteiger partial charge on any atom is -0.480 e. The summed E-state index contributed by atoms with van der Waals surface area (Å²) in [7, 11) is 0. The maximum atomic E-state index is 12.1. The fraction of sp³-hybridized carbons (Fsp3) is 0.429. The first kappa shape index (κ1) is 14.1. The monoisotopic (exact) mass is 325 g/mol. The van der Waals surface area contributed by atoms with E-state index in [-0.39, 0.29) is 5.91 Å². The number of nitrogens with zero attached hydrogens (tertiary/aromatic N) is 1. The first-order valence-corrected chi connectivity index (χ1v) is 7.14. The summed E-state index contributed by atoms with van der Waals surface area (Å²) in [5, 5.41) is 9.06. The van der Waals surface area contributed by atoms with Gasteiger partial charge in [-0.05, 0) is 30.9 Å². The van der Waals surface area contributed by atoms with Crippen LogP contribution in [0.2, 0.25) is 0 Å². The van der Waals surface area contributed by atoms with Crippen LogP contribution in [0.15, 0.2) is 28.7 Å². The lowest BCUT2D eigenvalue weighted by Crippen LogP contribution is -2.40. The predicted octanol–water partition coefficient (Wildman–Crippen LogP) is 2.46. The zero-order valence-electron chi connectivity index (χ0n) is 10.5. The van der Waals surface area contributed by atoms with Crippen LogP contribution < -0.4 is 0 Å². The van der Waals surface area contributed by atoms with Crippen molar-refractivity contribution in [1.29, 1.82) is 0 Å². The van der Waals surface area contributed by atoms with Crippen molar-refractivity contribution in [2.45, 2.75) is 31.7 Å². The van der Waals surface area contributed by atoms with Gasteiger partial charge in [0.1, 0.15) is 6.04 Å². The molecule has 1 N–H and O–H groups in total. The molecule has 1 fully saturated rings. The summed E-state index contributed by atoms with van der Waals surface area (Å²) in [5.74, 6) is -0.965. The summed E-state index contributed by atoms with van der Waals surface area (Å²) in [6.45, 7) is 0.561. The van der Waals surface area contributed by atoms with Crippen molar-refractivity contribution < 1.29 is 14.7 Å². The minimum absolute atomic E-state index is 0.0688. The van der Waals surface area contributed by atoms with E-state index in [1.807, 2.05) is 24.3 Å². The summed E-state index contributed by atoms with van der Waals surface area (Å²) < 4.78 is 0.985. The van der Waals surface area contributed by atoms with Crippen LogP contribution in [-0.4, -0.2) is 34.5 Å². The van der Waals surface area contributed by atoms with Gasteiger partial charge in [0.05, 0.1) is 0 Å².